The normalized spacial score (nSPS) is 11.9. The Balaban J connectivity index is 1.81. The number of Topliss-reactive ketones (excluding diaryl/α,β-unsaturated/α-hetero) is 1. The summed E-state index contributed by atoms with van der Waals surface area (Å²) in [6.07, 6.45) is 1.46. The lowest BCUT2D eigenvalue weighted by Gasteiger charge is -2.16. The van der Waals surface area contributed by atoms with Crippen molar-refractivity contribution in [1.82, 2.24) is 4.98 Å². The summed E-state index contributed by atoms with van der Waals surface area (Å²) in [6.45, 7) is 1.92. The van der Waals surface area contributed by atoms with Gasteiger partial charge in [-0.3, -0.25) is 4.79 Å². The zero-order valence-electron chi connectivity index (χ0n) is 20.5. The molecule has 0 saturated heterocycles. The van der Waals surface area contributed by atoms with Gasteiger partial charge in [-0.15, -0.1) is 0 Å². The molecule has 0 saturated carbocycles. The van der Waals surface area contributed by atoms with Gasteiger partial charge in [0.05, 0.1) is 31.5 Å². The Morgan fingerprint density at radius 3 is 2.23 bits per heavy atom. The number of carbonyl (C=O) groups is 1. The molecule has 0 amide bonds. The number of ketones is 1. The summed E-state index contributed by atoms with van der Waals surface area (Å²) >= 11 is 0. The van der Waals surface area contributed by atoms with Crippen LogP contribution in [0.25, 0.3) is 33.3 Å². The number of aromatic nitrogens is 1. The van der Waals surface area contributed by atoms with Crippen molar-refractivity contribution >= 4 is 16.7 Å². The number of hydrogen-bond donors (Lipinski definition) is 1. The third kappa shape index (κ3) is 5.52. The van der Waals surface area contributed by atoms with Crippen molar-refractivity contribution in [2.24, 2.45) is 0 Å². The molecule has 0 spiro atoms. The predicted octanol–water partition coefficient (Wildman–Crippen LogP) is 6.25. The highest BCUT2D eigenvalue weighted by Crippen LogP contribution is 2.41. The van der Waals surface area contributed by atoms with Gasteiger partial charge in [-0.2, -0.15) is 0 Å². The van der Waals surface area contributed by atoms with Crippen LogP contribution < -0.4 is 9.47 Å². The Hall–Kier alpha value is -3.70. The van der Waals surface area contributed by atoms with E-state index in [9.17, 15) is 9.90 Å². The lowest BCUT2D eigenvalue weighted by molar-refractivity contribution is -0.119. The molecular formula is C30H31NO4. The maximum absolute atomic E-state index is 12.5. The monoisotopic (exact) mass is 469 g/mol. The number of aliphatic hydroxyl groups is 1. The highest BCUT2D eigenvalue weighted by Gasteiger charge is 2.18. The number of benzene rings is 3. The molecule has 35 heavy (non-hydrogen) atoms. The minimum absolute atomic E-state index is 0.125. The molecule has 1 heterocycles. The zero-order valence-corrected chi connectivity index (χ0v) is 20.5. The minimum Gasteiger partial charge on any atom is -0.496 e. The lowest BCUT2D eigenvalue weighted by atomic mass is 9.95. The second kappa shape index (κ2) is 11.2. The Morgan fingerprint density at radius 1 is 0.886 bits per heavy atom. The van der Waals surface area contributed by atoms with E-state index >= 15 is 0 Å². The van der Waals surface area contributed by atoms with Crippen LogP contribution >= 0.6 is 0 Å². The molecule has 1 aromatic heterocycles. The van der Waals surface area contributed by atoms with Crippen molar-refractivity contribution in [2.45, 2.75) is 38.7 Å². The zero-order chi connectivity index (χ0) is 24.8. The van der Waals surface area contributed by atoms with Crippen LogP contribution in [0, 0.1) is 0 Å². The second-order valence-corrected chi connectivity index (χ2v) is 8.63. The van der Waals surface area contributed by atoms with E-state index in [-0.39, 0.29) is 5.78 Å². The molecule has 180 valence electrons. The van der Waals surface area contributed by atoms with E-state index in [1.807, 2.05) is 73.7 Å². The van der Waals surface area contributed by atoms with E-state index in [2.05, 4.69) is 6.07 Å². The van der Waals surface area contributed by atoms with Crippen LogP contribution in [0.2, 0.25) is 0 Å². The Kier molecular flexibility index (Phi) is 7.78. The SMILES string of the molecule is CCC(O)CCC(=O)Cc1ccc2nc(-c3ccccc3OC)c(-c3ccccc3OC)cc2c1. The van der Waals surface area contributed by atoms with E-state index in [0.717, 1.165) is 50.3 Å². The summed E-state index contributed by atoms with van der Waals surface area (Å²) in [5.41, 5.74) is 5.33. The number of hydrogen-bond acceptors (Lipinski definition) is 5. The Bertz CT molecular complexity index is 1330. The predicted molar refractivity (Wildman–Crippen MR) is 140 cm³/mol. The summed E-state index contributed by atoms with van der Waals surface area (Å²) in [7, 11) is 3.32. The lowest BCUT2D eigenvalue weighted by Crippen LogP contribution is -2.10. The van der Waals surface area contributed by atoms with Crippen LogP contribution in [0.15, 0.2) is 72.8 Å². The summed E-state index contributed by atoms with van der Waals surface area (Å²) in [5, 5.41) is 10.7. The first-order valence-electron chi connectivity index (χ1n) is 11.9. The number of fused-ring (bicyclic) bond motifs is 1. The molecule has 0 fully saturated rings. The van der Waals surface area contributed by atoms with Crippen molar-refractivity contribution in [3.8, 4) is 33.9 Å². The van der Waals surface area contributed by atoms with Crippen LogP contribution in [0.1, 0.15) is 31.7 Å². The number of para-hydroxylation sites is 2. The van der Waals surface area contributed by atoms with E-state index in [1.165, 1.54) is 0 Å². The van der Waals surface area contributed by atoms with Crippen LogP contribution in [-0.2, 0) is 11.2 Å². The van der Waals surface area contributed by atoms with Crippen LogP contribution in [-0.4, -0.2) is 36.2 Å². The molecule has 0 aliphatic heterocycles. The van der Waals surface area contributed by atoms with E-state index in [1.54, 1.807) is 14.2 Å². The van der Waals surface area contributed by atoms with Crippen molar-refractivity contribution in [2.75, 3.05) is 14.2 Å². The van der Waals surface area contributed by atoms with Crippen LogP contribution in [0.4, 0.5) is 0 Å². The fraction of sp³-hybridized carbons (Fsp3) is 0.267. The number of ether oxygens (including phenoxy) is 2. The van der Waals surface area contributed by atoms with Crippen LogP contribution in [0.5, 0.6) is 11.5 Å². The standard InChI is InChI=1S/C30H31NO4/c1-4-22(32)14-15-23(33)18-20-13-16-27-21(17-20)19-26(24-9-5-7-11-28(24)34-2)30(31-27)25-10-6-8-12-29(25)35-3/h5-13,16-17,19,22,32H,4,14-15,18H2,1-3H3. The molecule has 4 rings (SSSR count). The Labute approximate surface area is 206 Å². The van der Waals surface area contributed by atoms with Gasteiger partial charge >= 0.3 is 0 Å². The van der Waals surface area contributed by atoms with Gasteiger partial charge in [-0.25, -0.2) is 4.98 Å². The van der Waals surface area contributed by atoms with E-state index < -0.39 is 6.10 Å². The summed E-state index contributed by atoms with van der Waals surface area (Å²) in [5.74, 6) is 1.62. The van der Waals surface area contributed by atoms with Gasteiger partial charge in [0.15, 0.2) is 0 Å². The molecule has 1 N–H and O–H groups in total. The first-order valence-corrected chi connectivity index (χ1v) is 11.9. The van der Waals surface area contributed by atoms with Gasteiger partial charge in [-0.1, -0.05) is 43.3 Å². The maximum Gasteiger partial charge on any atom is 0.137 e. The van der Waals surface area contributed by atoms with Gasteiger partial charge in [0.2, 0.25) is 0 Å². The first kappa shape index (κ1) is 24.4. The molecule has 0 aliphatic carbocycles. The third-order valence-corrected chi connectivity index (χ3v) is 6.27. The largest absolute Gasteiger partial charge is 0.496 e. The maximum atomic E-state index is 12.5. The number of nitrogens with zero attached hydrogens (tertiary/aromatic N) is 1. The molecule has 0 bridgehead atoms. The number of carbonyl (C=O) groups excluding carboxylic acids is 1. The Morgan fingerprint density at radius 2 is 1.54 bits per heavy atom. The molecule has 0 radical (unpaired) electrons. The first-order chi connectivity index (χ1) is 17.0. The quantitative estimate of drug-likeness (QED) is 0.297. The number of methoxy groups -OCH3 is 2. The topological polar surface area (TPSA) is 68.7 Å². The minimum atomic E-state index is -0.420. The molecule has 1 unspecified atom stereocenters. The van der Waals surface area contributed by atoms with Crippen LogP contribution in [0.3, 0.4) is 0 Å². The fourth-order valence-electron chi connectivity index (χ4n) is 4.30. The third-order valence-electron chi connectivity index (χ3n) is 6.27. The molecule has 5 heteroatoms. The van der Waals surface area contributed by atoms with E-state index in [4.69, 9.17) is 14.5 Å². The van der Waals surface area contributed by atoms with Crippen molar-refractivity contribution in [3.63, 3.8) is 0 Å². The van der Waals surface area contributed by atoms with Gasteiger partial charge in [0.1, 0.15) is 17.3 Å². The highest BCUT2D eigenvalue weighted by atomic mass is 16.5. The van der Waals surface area contributed by atoms with Gasteiger partial charge in [0, 0.05) is 34.9 Å². The van der Waals surface area contributed by atoms with Gasteiger partial charge < -0.3 is 14.6 Å². The fourth-order valence-corrected chi connectivity index (χ4v) is 4.30. The number of rotatable bonds is 10. The summed E-state index contributed by atoms with van der Waals surface area (Å²) in [4.78, 5) is 17.5. The van der Waals surface area contributed by atoms with E-state index in [0.29, 0.717) is 25.7 Å². The smallest absolute Gasteiger partial charge is 0.137 e. The molecule has 1 atom stereocenters. The van der Waals surface area contributed by atoms with Crippen molar-refractivity contribution < 1.29 is 19.4 Å². The summed E-state index contributed by atoms with van der Waals surface area (Å²) in [6, 6.07) is 23.8. The number of aliphatic hydroxyl groups excluding tert-OH is 1. The van der Waals surface area contributed by atoms with Crippen molar-refractivity contribution in [3.05, 3.63) is 78.4 Å². The molecule has 0 aliphatic rings. The molecule has 3 aromatic carbocycles. The molecular weight excluding hydrogens is 438 g/mol. The highest BCUT2D eigenvalue weighted by molar-refractivity contribution is 5.94. The van der Waals surface area contributed by atoms with Gasteiger partial charge in [0.25, 0.3) is 0 Å². The molecule has 4 aromatic rings. The molecule has 5 nitrogen and oxygen atoms in total. The van der Waals surface area contributed by atoms with Crippen molar-refractivity contribution in [1.29, 1.82) is 0 Å². The van der Waals surface area contributed by atoms with Gasteiger partial charge in [-0.05, 0) is 54.8 Å². The number of pyridine rings is 1. The average Bonchev–Trinajstić information content (AvgIpc) is 2.90. The summed E-state index contributed by atoms with van der Waals surface area (Å²) < 4.78 is 11.3. The second-order valence-electron chi connectivity index (χ2n) is 8.63. The average molecular weight is 470 g/mol.